The topological polar surface area (TPSA) is 73.8 Å². The summed E-state index contributed by atoms with van der Waals surface area (Å²) in [6, 6.07) is 8.60. The summed E-state index contributed by atoms with van der Waals surface area (Å²) in [5, 5.41) is 6.66. The van der Waals surface area contributed by atoms with Crippen LogP contribution in [-0.2, 0) is 22.9 Å². The summed E-state index contributed by atoms with van der Waals surface area (Å²) >= 11 is 0. The van der Waals surface area contributed by atoms with E-state index in [1.807, 2.05) is 6.92 Å². The first-order chi connectivity index (χ1) is 13.4. The van der Waals surface area contributed by atoms with Crippen LogP contribution in [0.25, 0.3) is 0 Å². The molecule has 6 nitrogen and oxygen atoms in total. The van der Waals surface area contributed by atoms with Crippen molar-refractivity contribution in [2.75, 3.05) is 32.1 Å². The predicted molar refractivity (Wildman–Crippen MR) is 117 cm³/mol. The molecule has 2 rings (SSSR count). The molecule has 1 aromatic carbocycles. The zero-order valence-electron chi connectivity index (χ0n) is 17.6. The highest BCUT2D eigenvalue weighted by Crippen LogP contribution is 2.16. The molecule has 28 heavy (non-hydrogen) atoms. The van der Waals surface area contributed by atoms with Crippen molar-refractivity contribution in [1.29, 1.82) is 0 Å². The Morgan fingerprint density at radius 2 is 1.79 bits per heavy atom. The number of rotatable bonds is 8. The normalized spacial score (nSPS) is 17.8. The quantitative estimate of drug-likeness (QED) is 0.511. The van der Waals surface area contributed by atoms with Crippen molar-refractivity contribution in [3.63, 3.8) is 0 Å². The third-order valence-corrected chi connectivity index (χ3v) is 6.16. The van der Waals surface area contributed by atoms with Crippen LogP contribution in [0.2, 0.25) is 0 Å². The van der Waals surface area contributed by atoms with E-state index in [9.17, 15) is 8.42 Å². The highest BCUT2D eigenvalue weighted by molar-refractivity contribution is 7.90. The number of guanidine groups is 1. The minimum atomic E-state index is -2.94. The molecule has 1 unspecified atom stereocenters. The predicted octanol–water partition coefficient (Wildman–Crippen LogP) is 2.55. The van der Waals surface area contributed by atoms with Crippen molar-refractivity contribution < 1.29 is 8.42 Å². The minimum Gasteiger partial charge on any atom is -0.354 e. The van der Waals surface area contributed by atoms with E-state index < -0.39 is 9.84 Å². The molecule has 158 valence electrons. The van der Waals surface area contributed by atoms with Gasteiger partial charge in [-0.3, -0.25) is 9.89 Å². The Kier molecular flexibility index (Phi) is 9.25. The van der Waals surface area contributed by atoms with Crippen LogP contribution in [0.15, 0.2) is 29.3 Å². The third kappa shape index (κ3) is 8.61. The van der Waals surface area contributed by atoms with Crippen LogP contribution in [-0.4, -0.2) is 57.5 Å². The van der Waals surface area contributed by atoms with Crippen molar-refractivity contribution in [3.8, 4) is 0 Å². The number of hydrogen-bond acceptors (Lipinski definition) is 4. The Morgan fingerprint density at radius 1 is 1.14 bits per heavy atom. The Morgan fingerprint density at radius 3 is 2.39 bits per heavy atom. The molecule has 0 aromatic heterocycles. The zero-order chi connectivity index (χ0) is 20.4. The minimum absolute atomic E-state index is 0.0354. The lowest BCUT2D eigenvalue weighted by Crippen LogP contribution is -2.42. The van der Waals surface area contributed by atoms with Gasteiger partial charge in [-0.25, -0.2) is 8.42 Å². The lowest BCUT2D eigenvalue weighted by Gasteiger charge is -2.22. The van der Waals surface area contributed by atoms with Gasteiger partial charge in [0.2, 0.25) is 0 Å². The number of benzene rings is 1. The maximum atomic E-state index is 11.3. The lowest BCUT2D eigenvalue weighted by molar-refractivity contribution is 0.276. The fourth-order valence-corrected chi connectivity index (χ4v) is 4.27. The molecule has 7 heteroatoms. The average Bonchev–Trinajstić information content (AvgIpc) is 2.92. The van der Waals surface area contributed by atoms with Crippen LogP contribution >= 0.6 is 0 Å². The van der Waals surface area contributed by atoms with Crippen LogP contribution in [0.1, 0.15) is 50.2 Å². The number of hydrogen-bond donors (Lipinski definition) is 2. The first-order valence-electron chi connectivity index (χ1n) is 10.3. The van der Waals surface area contributed by atoms with Gasteiger partial charge < -0.3 is 10.6 Å². The number of likely N-dealkylation sites (tertiary alicyclic amines) is 1. The summed E-state index contributed by atoms with van der Waals surface area (Å²) in [4.78, 5) is 6.84. The smallest absolute Gasteiger partial charge is 0.191 e. The van der Waals surface area contributed by atoms with Crippen LogP contribution in [0.4, 0.5) is 0 Å². The monoisotopic (exact) mass is 408 g/mol. The highest BCUT2D eigenvalue weighted by Gasteiger charge is 2.13. The molecule has 2 N–H and O–H groups in total. The number of nitrogens with zero attached hydrogens (tertiary/aromatic N) is 2. The van der Waals surface area contributed by atoms with Gasteiger partial charge in [0.15, 0.2) is 5.96 Å². The van der Waals surface area contributed by atoms with E-state index in [0.717, 1.165) is 6.54 Å². The molecule has 1 aliphatic heterocycles. The maximum absolute atomic E-state index is 11.3. The summed E-state index contributed by atoms with van der Waals surface area (Å²) in [6.07, 6.45) is 7.11. The SMILES string of the molecule is CN=C(NCc1ccccc1CN1CCCCCC1)NC(C)CCS(C)(=O)=O. The van der Waals surface area contributed by atoms with E-state index in [0.29, 0.717) is 18.9 Å². The molecule has 1 aliphatic rings. The molecule has 1 aromatic rings. The second kappa shape index (κ2) is 11.4. The number of sulfone groups is 1. The van der Waals surface area contributed by atoms with E-state index in [1.165, 1.54) is 56.2 Å². The van der Waals surface area contributed by atoms with Crippen molar-refractivity contribution in [3.05, 3.63) is 35.4 Å². The van der Waals surface area contributed by atoms with Crippen LogP contribution in [0.3, 0.4) is 0 Å². The molecule has 0 bridgehead atoms. The Balaban J connectivity index is 1.89. The largest absolute Gasteiger partial charge is 0.354 e. The Bertz CT molecular complexity index is 726. The summed E-state index contributed by atoms with van der Waals surface area (Å²) in [6.45, 7) is 6.04. The van der Waals surface area contributed by atoms with Crippen molar-refractivity contribution in [1.82, 2.24) is 15.5 Å². The molecular weight excluding hydrogens is 372 g/mol. The lowest BCUT2D eigenvalue weighted by atomic mass is 10.1. The molecule has 1 saturated heterocycles. The standard InChI is InChI=1S/C21H36N4O2S/c1-18(12-15-28(3,26)27)24-21(22-2)23-16-19-10-6-7-11-20(19)17-25-13-8-4-5-9-14-25/h6-7,10-11,18H,4-5,8-9,12-17H2,1-3H3,(H2,22,23,24). The molecule has 0 radical (unpaired) electrons. The summed E-state index contributed by atoms with van der Waals surface area (Å²) in [7, 11) is -1.21. The Labute approximate surface area is 170 Å². The van der Waals surface area contributed by atoms with E-state index in [4.69, 9.17) is 0 Å². The first-order valence-corrected chi connectivity index (χ1v) is 12.4. The van der Waals surface area contributed by atoms with Gasteiger partial charge in [-0.15, -0.1) is 0 Å². The number of nitrogens with one attached hydrogen (secondary N) is 2. The fourth-order valence-electron chi connectivity index (χ4n) is 3.49. The van der Waals surface area contributed by atoms with Crippen LogP contribution in [0, 0.1) is 0 Å². The summed E-state index contributed by atoms with van der Waals surface area (Å²) < 4.78 is 22.7. The molecule has 0 spiro atoms. The van der Waals surface area contributed by atoms with Gasteiger partial charge in [0.25, 0.3) is 0 Å². The first kappa shape index (κ1) is 22.7. The van der Waals surface area contributed by atoms with E-state index in [-0.39, 0.29) is 11.8 Å². The van der Waals surface area contributed by atoms with Gasteiger partial charge >= 0.3 is 0 Å². The average molecular weight is 409 g/mol. The van der Waals surface area contributed by atoms with E-state index in [1.54, 1.807) is 7.05 Å². The van der Waals surface area contributed by atoms with Crippen molar-refractivity contribution in [2.45, 2.75) is 58.2 Å². The maximum Gasteiger partial charge on any atom is 0.191 e. The van der Waals surface area contributed by atoms with Gasteiger partial charge in [-0.05, 0) is 50.4 Å². The molecule has 0 aliphatic carbocycles. The molecule has 0 amide bonds. The molecule has 1 fully saturated rings. The van der Waals surface area contributed by atoms with Crippen molar-refractivity contribution >= 4 is 15.8 Å². The fraction of sp³-hybridized carbons (Fsp3) is 0.667. The Hall–Kier alpha value is -1.60. The van der Waals surface area contributed by atoms with E-state index >= 15 is 0 Å². The van der Waals surface area contributed by atoms with Crippen LogP contribution in [0.5, 0.6) is 0 Å². The highest BCUT2D eigenvalue weighted by atomic mass is 32.2. The number of aliphatic imine (C=N–C) groups is 1. The van der Waals surface area contributed by atoms with Gasteiger partial charge in [0, 0.05) is 32.4 Å². The van der Waals surface area contributed by atoms with Crippen molar-refractivity contribution in [2.24, 2.45) is 4.99 Å². The summed E-state index contributed by atoms with van der Waals surface area (Å²) in [5.41, 5.74) is 2.64. The molecule has 1 atom stereocenters. The van der Waals surface area contributed by atoms with Gasteiger partial charge in [-0.2, -0.15) is 0 Å². The second-order valence-corrected chi connectivity index (χ2v) is 10.1. The van der Waals surface area contributed by atoms with Crippen LogP contribution < -0.4 is 10.6 Å². The third-order valence-electron chi connectivity index (χ3n) is 5.19. The molecule has 0 saturated carbocycles. The zero-order valence-corrected chi connectivity index (χ0v) is 18.4. The summed E-state index contributed by atoms with van der Waals surface area (Å²) in [5.74, 6) is 0.877. The molecule has 1 heterocycles. The van der Waals surface area contributed by atoms with Gasteiger partial charge in [0.05, 0.1) is 5.75 Å². The van der Waals surface area contributed by atoms with Gasteiger partial charge in [-0.1, -0.05) is 37.1 Å². The van der Waals surface area contributed by atoms with E-state index in [2.05, 4.69) is 44.8 Å². The van der Waals surface area contributed by atoms with Gasteiger partial charge in [0.1, 0.15) is 9.84 Å². The molecular formula is C21H36N4O2S. The second-order valence-electron chi connectivity index (χ2n) is 7.85.